The van der Waals surface area contributed by atoms with Crippen molar-refractivity contribution in [1.29, 1.82) is 0 Å². The van der Waals surface area contributed by atoms with Gasteiger partial charge in [-0.15, -0.1) is 0 Å². The van der Waals surface area contributed by atoms with E-state index < -0.39 is 38.6 Å². The Balaban J connectivity index is 4.46. The van der Waals surface area contributed by atoms with Gasteiger partial charge in [0, 0.05) is 12.8 Å². The minimum Gasteiger partial charge on any atom is -0.462 e. The molecule has 288 valence electrons. The van der Waals surface area contributed by atoms with Crippen molar-refractivity contribution < 1.29 is 52.0 Å². The van der Waals surface area contributed by atoms with Gasteiger partial charge in [-0.2, -0.15) is 0 Å². The fourth-order valence-corrected chi connectivity index (χ4v) is 5.88. The van der Waals surface area contributed by atoms with Crippen molar-refractivity contribution in [3.63, 3.8) is 0 Å². The van der Waals surface area contributed by atoms with Gasteiger partial charge in [0.05, 0.1) is 33.9 Å². The number of quaternary nitrogens is 1. The molecular formula is C37H71NO10P+. The van der Waals surface area contributed by atoms with E-state index in [1.807, 2.05) is 21.1 Å². The molecule has 3 unspecified atom stereocenters. The molecule has 0 saturated carbocycles. The molecule has 0 aliphatic carbocycles. The van der Waals surface area contributed by atoms with Crippen molar-refractivity contribution in [1.82, 2.24) is 0 Å². The van der Waals surface area contributed by atoms with Crippen molar-refractivity contribution in [2.24, 2.45) is 0 Å². The number of carbonyl (C=O) groups is 3. The van der Waals surface area contributed by atoms with Crippen molar-refractivity contribution in [2.75, 3.05) is 47.5 Å². The smallest absolute Gasteiger partial charge is 0.462 e. The van der Waals surface area contributed by atoms with E-state index in [0.29, 0.717) is 36.6 Å². The number of aldehydes is 1. The summed E-state index contributed by atoms with van der Waals surface area (Å²) in [7, 11) is 1.38. The first kappa shape index (κ1) is 47.4. The SMILES string of the molecule is CCCCCCCCCCCCCCCC(=O)OCC(COP(=O)(O)OCC[N+](C)(C)C)OC(=O)CCCCCCCC(O)C/C=C/C=O. The van der Waals surface area contributed by atoms with Gasteiger partial charge in [-0.25, -0.2) is 4.57 Å². The van der Waals surface area contributed by atoms with E-state index in [9.17, 15) is 28.9 Å². The number of ether oxygens (including phenoxy) is 2. The number of rotatable bonds is 35. The van der Waals surface area contributed by atoms with Gasteiger partial charge in [0.2, 0.25) is 0 Å². The summed E-state index contributed by atoms with van der Waals surface area (Å²) in [5.74, 6) is -0.905. The van der Waals surface area contributed by atoms with Crippen LogP contribution in [0.2, 0.25) is 0 Å². The average Bonchev–Trinajstić information content (AvgIpc) is 3.03. The molecule has 0 heterocycles. The number of phosphoric acid groups is 1. The number of hydrogen-bond donors (Lipinski definition) is 2. The topological polar surface area (TPSA) is 146 Å². The van der Waals surface area contributed by atoms with Gasteiger partial charge >= 0.3 is 19.8 Å². The molecule has 0 spiro atoms. The van der Waals surface area contributed by atoms with Gasteiger partial charge in [0.1, 0.15) is 26.0 Å². The summed E-state index contributed by atoms with van der Waals surface area (Å²) in [6.07, 6.45) is 23.5. The number of hydrogen-bond acceptors (Lipinski definition) is 9. The summed E-state index contributed by atoms with van der Waals surface area (Å²) < 4.78 is 34.0. The van der Waals surface area contributed by atoms with Crippen molar-refractivity contribution in [2.45, 2.75) is 160 Å². The molecule has 12 heteroatoms. The third-order valence-electron chi connectivity index (χ3n) is 8.19. The van der Waals surface area contributed by atoms with Gasteiger partial charge in [-0.1, -0.05) is 116 Å². The van der Waals surface area contributed by atoms with Crippen LogP contribution in [0.5, 0.6) is 0 Å². The second kappa shape index (κ2) is 31.1. The third kappa shape index (κ3) is 34.6. The Hall–Kier alpha value is -1.62. The molecule has 0 aliphatic heterocycles. The number of allylic oxidation sites excluding steroid dienone is 1. The van der Waals surface area contributed by atoms with E-state index in [0.717, 1.165) is 44.9 Å². The average molecular weight is 721 g/mol. The Bertz CT molecular complexity index is 908. The summed E-state index contributed by atoms with van der Waals surface area (Å²) in [6.45, 7) is 2.02. The molecule has 0 amide bonds. The van der Waals surface area contributed by atoms with Gasteiger partial charge in [-0.3, -0.25) is 23.4 Å². The zero-order valence-corrected chi connectivity index (χ0v) is 32.2. The number of phosphoric ester groups is 1. The molecule has 0 radical (unpaired) electrons. The lowest BCUT2D eigenvalue weighted by atomic mass is 10.0. The first-order chi connectivity index (χ1) is 23.4. The molecule has 0 aliphatic rings. The van der Waals surface area contributed by atoms with Crippen LogP contribution in [-0.2, 0) is 37.5 Å². The zero-order chi connectivity index (χ0) is 36.6. The maximum absolute atomic E-state index is 12.6. The summed E-state index contributed by atoms with van der Waals surface area (Å²) >= 11 is 0. The second-order valence-corrected chi connectivity index (χ2v) is 15.6. The first-order valence-corrected chi connectivity index (χ1v) is 20.4. The summed E-state index contributed by atoms with van der Waals surface area (Å²) in [6, 6.07) is 0. The summed E-state index contributed by atoms with van der Waals surface area (Å²) in [4.78, 5) is 45.4. The third-order valence-corrected chi connectivity index (χ3v) is 9.18. The van der Waals surface area contributed by atoms with Crippen molar-refractivity contribution in [3.05, 3.63) is 12.2 Å². The molecule has 11 nitrogen and oxygen atoms in total. The largest absolute Gasteiger partial charge is 0.472 e. The normalized spacial score (nSPS) is 14.4. The number of nitrogens with zero attached hydrogens (tertiary/aromatic N) is 1. The second-order valence-electron chi connectivity index (χ2n) is 14.2. The van der Waals surface area contributed by atoms with E-state index >= 15 is 0 Å². The summed E-state index contributed by atoms with van der Waals surface area (Å²) in [5.41, 5.74) is 0. The molecule has 0 aromatic rings. The van der Waals surface area contributed by atoms with Gasteiger partial charge in [0.25, 0.3) is 0 Å². The monoisotopic (exact) mass is 720 g/mol. The Labute approximate surface area is 297 Å². The van der Waals surface area contributed by atoms with Gasteiger partial charge < -0.3 is 24.0 Å². The minimum absolute atomic E-state index is 0.00597. The number of unbranched alkanes of at least 4 members (excludes halogenated alkanes) is 16. The Kier molecular flexibility index (Phi) is 30.1. The van der Waals surface area contributed by atoms with Crippen LogP contribution in [0.4, 0.5) is 0 Å². The number of esters is 2. The van der Waals surface area contributed by atoms with Crippen LogP contribution in [0.15, 0.2) is 12.2 Å². The number of carbonyl (C=O) groups excluding carboxylic acids is 3. The number of likely N-dealkylation sites (N-methyl/N-ethyl adjacent to an activating group) is 1. The molecule has 0 aromatic carbocycles. The molecule has 0 aromatic heterocycles. The van der Waals surface area contributed by atoms with Crippen molar-refractivity contribution in [3.8, 4) is 0 Å². The lowest BCUT2D eigenvalue weighted by Crippen LogP contribution is -2.37. The zero-order valence-electron chi connectivity index (χ0n) is 31.3. The molecule has 2 N–H and O–H groups in total. The standard InChI is InChI=1S/C37H70NO10P/c1-5-6-7-8-9-10-11-12-13-14-15-18-21-27-36(41)45-32-35(33-47-49(43,44)46-31-29-38(2,3)4)48-37(42)28-22-19-16-17-20-25-34(40)26-23-24-30-39/h23-24,30,34-35,40H,5-22,25-29,31-33H2,1-4H3/p+1/b24-23+. The molecular weight excluding hydrogens is 649 g/mol. The van der Waals surface area contributed by atoms with Crippen LogP contribution < -0.4 is 0 Å². The lowest BCUT2D eigenvalue weighted by molar-refractivity contribution is -0.870. The molecule has 0 saturated heterocycles. The molecule has 0 fully saturated rings. The predicted molar refractivity (Wildman–Crippen MR) is 194 cm³/mol. The maximum Gasteiger partial charge on any atom is 0.472 e. The fraction of sp³-hybridized carbons (Fsp3) is 0.865. The highest BCUT2D eigenvalue weighted by Crippen LogP contribution is 2.43. The Morgan fingerprint density at radius 2 is 1.24 bits per heavy atom. The van der Waals surface area contributed by atoms with E-state index in [4.69, 9.17) is 18.5 Å². The molecule has 0 bridgehead atoms. The highest BCUT2D eigenvalue weighted by atomic mass is 31.2. The maximum atomic E-state index is 12.6. The van der Waals surface area contributed by atoms with Crippen LogP contribution in [0.3, 0.4) is 0 Å². The van der Waals surface area contributed by atoms with E-state index in [-0.39, 0.29) is 26.1 Å². The quantitative estimate of drug-likeness (QED) is 0.0165. The lowest BCUT2D eigenvalue weighted by Gasteiger charge is -2.24. The van der Waals surface area contributed by atoms with E-state index in [1.165, 1.54) is 70.3 Å². The van der Waals surface area contributed by atoms with Crippen LogP contribution in [0.1, 0.15) is 148 Å². The highest BCUT2D eigenvalue weighted by molar-refractivity contribution is 7.47. The first-order valence-electron chi connectivity index (χ1n) is 18.9. The van der Waals surface area contributed by atoms with Gasteiger partial charge in [0.15, 0.2) is 6.10 Å². The summed E-state index contributed by atoms with van der Waals surface area (Å²) in [5, 5.41) is 9.90. The molecule has 3 atom stereocenters. The predicted octanol–water partition coefficient (Wildman–Crippen LogP) is 8.00. The Morgan fingerprint density at radius 3 is 1.78 bits per heavy atom. The molecule has 49 heavy (non-hydrogen) atoms. The van der Waals surface area contributed by atoms with Crippen LogP contribution in [0.25, 0.3) is 0 Å². The molecule has 0 rings (SSSR count). The van der Waals surface area contributed by atoms with Crippen LogP contribution >= 0.6 is 7.82 Å². The highest BCUT2D eigenvalue weighted by Gasteiger charge is 2.27. The van der Waals surface area contributed by atoms with E-state index in [1.54, 1.807) is 6.08 Å². The van der Waals surface area contributed by atoms with Gasteiger partial charge in [-0.05, 0) is 31.8 Å². The van der Waals surface area contributed by atoms with Crippen molar-refractivity contribution >= 4 is 26.0 Å². The number of aliphatic hydroxyl groups is 1. The Morgan fingerprint density at radius 1 is 0.735 bits per heavy atom. The number of aliphatic hydroxyl groups excluding tert-OH is 1. The minimum atomic E-state index is -4.40. The fourth-order valence-electron chi connectivity index (χ4n) is 5.14. The van der Waals surface area contributed by atoms with E-state index in [2.05, 4.69) is 6.92 Å². The van der Waals surface area contributed by atoms with Crippen LogP contribution in [-0.4, -0.2) is 92.4 Å². The van der Waals surface area contributed by atoms with Crippen LogP contribution in [0, 0.1) is 0 Å².